The molecular weight excluding hydrogens is 407 g/mol. The summed E-state index contributed by atoms with van der Waals surface area (Å²) in [6.07, 6.45) is 4.17. The van der Waals surface area contributed by atoms with E-state index in [1.165, 1.54) is 12.1 Å². The maximum atomic E-state index is 13.1. The highest BCUT2D eigenvalue weighted by Gasteiger charge is 2.26. The van der Waals surface area contributed by atoms with E-state index in [4.69, 9.17) is 9.47 Å². The fraction of sp³-hybridized carbons (Fsp3) is 0.500. The minimum absolute atomic E-state index is 0.161. The van der Waals surface area contributed by atoms with Crippen molar-refractivity contribution in [3.8, 4) is 17.6 Å². The summed E-state index contributed by atoms with van der Waals surface area (Å²) in [5, 5.41) is 20.2. The zero-order valence-corrected chi connectivity index (χ0v) is 19.0. The summed E-state index contributed by atoms with van der Waals surface area (Å²) < 4.78 is 23.7. The van der Waals surface area contributed by atoms with Crippen LogP contribution < -0.4 is 9.47 Å². The molecule has 0 amide bonds. The van der Waals surface area contributed by atoms with Gasteiger partial charge in [-0.1, -0.05) is 24.6 Å². The van der Waals surface area contributed by atoms with Crippen LogP contribution in [0.2, 0.25) is 0 Å². The average Bonchev–Trinajstić information content (AvgIpc) is 2.84. The molecule has 2 aromatic rings. The third-order valence-electron chi connectivity index (χ3n) is 6.47. The van der Waals surface area contributed by atoms with E-state index in [9.17, 15) is 14.8 Å². The Kier molecular flexibility index (Phi) is 8.90. The van der Waals surface area contributed by atoms with Gasteiger partial charge in [-0.3, -0.25) is 0 Å². The first-order chi connectivity index (χ1) is 15.5. The van der Waals surface area contributed by atoms with Crippen molar-refractivity contribution in [2.75, 3.05) is 33.9 Å². The van der Waals surface area contributed by atoms with Crippen molar-refractivity contribution in [3.05, 3.63) is 59.4 Å². The van der Waals surface area contributed by atoms with Gasteiger partial charge in [-0.15, -0.1) is 0 Å². The number of nitriles is 1. The molecule has 0 saturated carbocycles. The number of benzene rings is 2. The van der Waals surface area contributed by atoms with E-state index in [1.54, 1.807) is 26.4 Å². The van der Waals surface area contributed by atoms with Crippen molar-refractivity contribution in [3.63, 3.8) is 0 Å². The number of nitrogens with zero attached hydrogens (tertiary/aromatic N) is 2. The molecule has 2 atom stereocenters. The number of rotatable bonds is 10. The molecule has 1 fully saturated rings. The molecule has 0 radical (unpaired) electrons. The molecule has 1 aliphatic heterocycles. The lowest BCUT2D eigenvalue weighted by atomic mass is 9.87. The first-order valence-electron chi connectivity index (χ1n) is 11.3. The van der Waals surface area contributed by atoms with Crippen LogP contribution in [0.4, 0.5) is 4.39 Å². The first kappa shape index (κ1) is 24.0. The summed E-state index contributed by atoms with van der Waals surface area (Å²) in [6, 6.07) is 14.3. The number of ether oxygens (including phenoxy) is 2. The summed E-state index contributed by atoms with van der Waals surface area (Å²) >= 11 is 0. The highest BCUT2D eigenvalue weighted by molar-refractivity contribution is 5.44. The number of hydrogen-bond donors (Lipinski definition) is 1. The number of likely N-dealkylation sites (tertiary alicyclic amines) is 1. The fourth-order valence-electron chi connectivity index (χ4n) is 4.48. The van der Waals surface area contributed by atoms with Crippen molar-refractivity contribution in [1.29, 1.82) is 5.26 Å². The Hall–Kier alpha value is -2.62. The van der Waals surface area contributed by atoms with E-state index in [0.717, 1.165) is 62.9 Å². The van der Waals surface area contributed by atoms with Crippen LogP contribution in [0.25, 0.3) is 0 Å². The highest BCUT2D eigenvalue weighted by Crippen LogP contribution is 2.33. The first-order valence-corrected chi connectivity index (χ1v) is 11.3. The fourth-order valence-corrected chi connectivity index (χ4v) is 4.48. The molecular formula is C26H33FN2O3. The zero-order valence-electron chi connectivity index (χ0n) is 19.0. The molecule has 2 unspecified atom stereocenters. The molecule has 0 spiro atoms. The van der Waals surface area contributed by atoms with Crippen LogP contribution in [-0.2, 0) is 0 Å². The molecule has 0 bridgehead atoms. The average molecular weight is 441 g/mol. The van der Waals surface area contributed by atoms with Crippen LogP contribution in [-0.4, -0.2) is 43.9 Å². The van der Waals surface area contributed by atoms with Crippen LogP contribution in [0.15, 0.2) is 42.5 Å². The van der Waals surface area contributed by atoms with Gasteiger partial charge < -0.3 is 19.5 Å². The maximum absolute atomic E-state index is 13.1. The van der Waals surface area contributed by atoms with Gasteiger partial charge >= 0.3 is 0 Å². The van der Waals surface area contributed by atoms with Crippen molar-refractivity contribution in [2.45, 2.75) is 44.1 Å². The molecule has 32 heavy (non-hydrogen) atoms. The van der Waals surface area contributed by atoms with Crippen molar-refractivity contribution in [2.24, 2.45) is 5.92 Å². The van der Waals surface area contributed by atoms with Crippen LogP contribution in [0.1, 0.15) is 55.3 Å². The monoisotopic (exact) mass is 440 g/mol. The second-order valence-corrected chi connectivity index (χ2v) is 8.47. The third kappa shape index (κ3) is 6.21. The second kappa shape index (κ2) is 11.8. The van der Waals surface area contributed by atoms with E-state index in [0.29, 0.717) is 11.5 Å². The van der Waals surface area contributed by atoms with Gasteiger partial charge in [0.25, 0.3) is 0 Å². The normalized spacial score (nSPS) is 16.8. The van der Waals surface area contributed by atoms with E-state index >= 15 is 0 Å². The number of methoxy groups -OCH3 is 2. The molecule has 1 N–H and O–H groups in total. The van der Waals surface area contributed by atoms with Gasteiger partial charge in [-0.25, -0.2) is 4.39 Å². The summed E-state index contributed by atoms with van der Waals surface area (Å²) in [6.45, 7) is 2.92. The Balaban J connectivity index is 1.40. The predicted molar refractivity (Wildman–Crippen MR) is 122 cm³/mol. The Morgan fingerprint density at radius 2 is 1.69 bits per heavy atom. The van der Waals surface area contributed by atoms with Crippen LogP contribution >= 0.6 is 0 Å². The van der Waals surface area contributed by atoms with Gasteiger partial charge in [-0.2, -0.15) is 5.26 Å². The lowest BCUT2D eigenvalue weighted by molar-refractivity contribution is 0.0584. The number of unbranched alkanes of at least 4 members (excludes halogenated alkanes) is 1. The topological polar surface area (TPSA) is 65.7 Å². The summed E-state index contributed by atoms with van der Waals surface area (Å²) in [5.74, 6) is 1.09. The Morgan fingerprint density at radius 1 is 1.03 bits per heavy atom. The lowest BCUT2D eigenvalue weighted by Crippen LogP contribution is -2.36. The SMILES string of the molecule is COc1ccc(C(C#N)CCCCN2CCC(C(O)c3ccc(F)cc3)CC2)cc1OC. The summed E-state index contributed by atoms with van der Waals surface area (Å²) in [4.78, 5) is 2.44. The van der Waals surface area contributed by atoms with Crippen LogP contribution in [0.3, 0.4) is 0 Å². The lowest BCUT2D eigenvalue weighted by Gasteiger charge is -2.34. The molecule has 5 nitrogen and oxygen atoms in total. The van der Waals surface area contributed by atoms with Gasteiger partial charge in [0.2, 0.25) is 0 Å². The van der Waals surface area contributed by atoms with Crippen molar-refractivity contribution < 1.29 is 19.0 Å². The maximum Gasteiger partial charge on any atom is 0.161 e. The molecule has 0 aromatic heterocycles. The number of halogens is 1. The smallest absolute Gasteiger partial charge is 0.161 e. The van der Waals surface area contributed by atoms with Crippen LogP contribution in [0, 0.1) is 23.1 Å². The van der Waals surface area contributed by atoms with Gasteiger partial charge in [0.1, 0.15) is 5.82 Å². The minimum atomic E-state index is -0.532. The van der Waals surface area contributed by atoms with Gasteiger partial charge in [-0.05, 0) is 86.6 Å². The zero-order chi connectivity index (χ0) is 22.9. The quantitative estimate of drug-likeness (QED) is 0.523. The largest absolute Gasteiger partial charge is 0.493 e. The molecule has 1 heterocycles. The number of aliphatic hydroxyl groups is 1. The molecule has 3 rings (SSSR count). The predicted octanol–water partition coefficient (Wildman–Crippen LogP) is 5.07. The van der Waals surface area contributed by atoms with Crippen molar-refractivity contribution >= 4 is 0 Å². The van der Waals surface area contributed by atoms with Gasteiger partial charge in [0.05, 0.1) is 32.3 Å². The number of hydrogen-bond acceptors (Lipinski definition) is 5. The Labute approximate surface area is 190 Å². The summed E-state index contributed by atoms with van der Waals surface area (Å²) in [5.41, 5.74) is 1.75. The van der Waals surface area contributed by atoms with E-state index < -0.39 is 6.10 Å². The number of piperidine rings is 1. The highest BCUT2D eigenvalue weighted by atomic mass is 19.1. The van der Waals surface area contributed by atoms with E-state index in [1.807, 2.05) is 18.2 Å². The molecule has 2 aromatic carbocycles. The molecule has 0 aliphatic carbocycles. The molecule has 1 saturated heterocycles. The standard InChI is InChI=1S/C26H33FN2O3/c1-31-24-11-8-21(17-25(24)32-2)22(18-28)5-3-4-14-29-15-12-20(13-16-29)26(30)19-6-9-23(27)10-7-19/h6-11,17,20,22,26,30H,3-5,12-16H2,1-2H3. The molecule has 6 heteroatoms. The van der Waals surface area contributed by atoms with Crippen LogP contribution in [0.5, 0.6) is 11.5 Å². The molecule has 1 aliphatic rings. The molecule has 172 valence electrons. The van der Waals surface area contributed by atoms with Crippen molar-refractivity contribution in [1.82, 2.24) is 4.90 Å². The summed E-state index contributed by atoms with van der Waals surface area (Å²) in [7, 11) is 3.20. The van der Waals surface area contributed by atoms with E-state index in [-0.39, 0.29) is 17.7 Å². The Bertz CT molecular complexity index is 889. The second-order valence-electron chi connectivity index (χ2n) is 8.47. The Morgan fingerprint density at radius 3 is 2.31 bits per heavy atom. The van der Waals surface area contributed by atoms with Gasteiger partial charge in [0, 0.05) is 0 Å². The third-order valence-corrected chi connectivity index (χ3v) is 6.47. The number of aliphatic hydroxyl groups excluding tert-OH is 1. The van der Waals surface area contributed by atoms with E-state index in [2.05, 4.69) is 11.0 Å². The minimum Gasteiger partial charge on any atom is -0.493 e. The van der Waals surface area contributed by atoms with Gasteiger partial charge in [0.15, 0.2) is 11.5 Å².